The third-order valence-electron chi connectivity index (χ3n) is 11.9. The van der Waals surface area contributed by atoms with Gasteiger partial charge in [-0.3, -0.25) is 0 Å². The van der Waals surface area contributed by atoms with Crippen molar-refractivity contribution < 1.29 is 18.9 Å². The third-order valence-corrected chi connectivity index (χ3v) is 14.1. The van der Waals surface area contributed by atoms with Gasteiger partial charge in [0.15, 0.2) is 23.0 Å². The molecule has 0 saturated heterocycles. The van der Waals surface area contributed by atoms with Crippen LogP contribution in [0.15, 0.2) is 215 Å². The number of rotatable bonds is 16. The second kappa shape index (κ2) is 23.0. The van der Waals surface area contributed by atoms with Crippen LogP contribution in [0.3, 0.4) is 0 Å². The van der Waals surface area contributed by atoms with E-state index in [9.17, 15) is 0 Å². The number of hydrogen-bond acceptors (Lipinski definition) is 12. The minimum atomic E-state index is 0.472. The lowest BCUT2D eigenvalue weighted by Crippen LogP contribution is -2.15. The van der Waals surface area contributed by atoms with Crippen LogP contribution in [-0.2, 0) is 0 Å². The van der Waals surface area contributed by atoms with Gasteiger partial charge in [0, 0.05) is 34.1 Å². The summed E-state index contributed by atoms with van der Waals surface area (Å²) in [6, 6.07) is 66.3. The molecule has 10 nitrogen and oxygen atoms in total. The second-order valence-electron chi connectivity index (χ2n) is 16.9. The highest BCUT2D eigenvalue weighted by Crippen LogP contribution is 2.46. The van der Waals surface area contributed by atoms with Gasteiger partial charge in [-0.15, -0.1) is 22.7 Å². The molecule has 74 heavy (non-hydrogen) atoms. The van der Waals surface area contributed by atoms with E-state index in [0.29, 0.717) is 37.9 Å². The highest BCUT2D eigenvalue weighted by molar-refractivity contribution is 7.15. The molecule has 0 fully saturated rings. The van der Waals surface area contributed by atoms with Crippen molar-refractivity contribution in [2.45, 2.75) is 0 Å². The van der Waals surface area contributed by atoms with Crippen molar-refractivity contribution in [3.63, 3.8) is 0 Å². The number of fused-ring (bicyclic) bond motifs is 2. The minimum Gasteiger partial charge on any atom is -0.485 e. The second-order valence-corrected chi connectivity index (χ2v) is 19.0. The van der Waals surface area contributed by atoms with Crippen molar-refractivity contribution in [2.75, 3.05) is 36.2 Å². The van der Waals surface area contributed by atoms with Gasteiger partial charge >= 0.3 is 0 Å². The number of nitrogens with zero attached hydrogens (tertiary/aromatic N) is 6. The van der Waals surface area contributed by atoms with E-state index in [0.717, 1.165) is 87.4 Å². The largest absolute Gasteiger partial charge is 0.485 e. The summed E-state index contributed by atoms with van der Waals surface area (Å²) in [5.41, 5.74) is 10.4. The Morgan fingerprint density at radius 1 is 0.284 bits per heavy atom. The third kappa shape index (κ3) is 11.2. The molecule has 0 bridgehead atoms. The van der Waals surface area contributed by atoms with Crippen molar-refractivity contribution in [2.24, 2.45) is 20.4 Å². The Bertz CT molecular complexity index is 3170. The van der Waals surface area contributed by atoms with Gasteiger partial charge in [-0.25, -0.2) is 0 Å². The molecule has 0 radical (unpaired) electrons. The van der Waals surface area contributed by atoms with E-state index >= 15 is 0 Å². The Balaban J connectivity index is 0.722. The highest BCUT2D eigenvalue weighted by atomic mass is 32.1. The summed E-state index contributed by atoms with van der Waals surface area (Å²) in [5, 5.41) is 17.6. The van der Waals surface area contributed by atoms with E-state index in [1.54, 1.807) is 47.5 Å². The van der Waals surface area contributed by atoms with Gasteiger partial charge < -0.3 is 28.7 Å². The highest BCUT2D eigenvalue weighted by Gasteiger charge is 2.24. The molecule has 2 aliphatic rings. The number of ether oxygens (including phenoxy) is 4. The molecule has 0 amide bonds. The lowest BCUT2D eigenvalue weighted by molar-refractivity contribution is 0.173. The van der Waals surface area contributed by atoms with E-state index in [1.807, 2.05) is 97.1 Å². The fourth-order valence-corrected chi connectivity index (χ4v) is 10.4. The summed E-state index contributed by atoms with van der Waals surface area (Å²) >= 11 is 3.11. The van der Waals surface area contributed by atoms with Crippen LogP contribution >= 0.6 is 22.7 Å². The van der Waals surface area contributed by atoms with E-state index in [1.165, 1.54) is 0 Å². The molecule has 4 heterocycles. The minimum absolute atomic E-state index is 0.472. The summed E-state index contributed by atoms with van der Waals surface area (Å²) in [6.07, 6.45) is 15.2. The van der Waals surface area contributed by atoms with Crippen LogP contribution < -0.4 is 28.7 Å². The number of anilines is 6. The van der Waals surface area contributed by atoms with Crippen molar-refractivity contribution in [3.8, 4) is 23.0 Å². The van der Waals surface area contributed by atoms with Crippen LogP contribution in [0.25, 0.3) is 24.3 Å². The number of hydrogen-bond donors (Lipinski definition) is 0. The zero-order valence-electron chi connectivity index (χ0n) is 40.1. The smallest absolute Gasteiger partial charge is 0.181 e. The van der Waals surface area contributed by atoms with Gasteiger partial charge in [-0.2, -0.15) is 20.4 Å². The van der Waals surface area contributed by atoms with Gasteiger partial charge in [0.2, 0.25) is 0 Å². The van der Waals surface area contributed by atoms with Crippen LogP contribution in [0.1, 0.15) is 41.8 Å². The first-order valence-electron chi connectivity index (χ1n) is 24.1. The van der Waals surface area contributed by atoms with Crippen molar-refractivity contribution in [1.29, 1.82) is 0 Å². The van der Waals surface area contributed by atoms with Crippen LogP contribution in [0.5, 0.6) is 23.0 Å². The Morgan fingerprint density at radius 3 is 0.878 bits per heavy atom. The lowest BCUT2D eigenvalue weighted by Gasteiger charge is -2.25. The molecule has 0 spiro atoms. The summed E-state index contributed by atoms with van der Waals surface area (Å²) < 4.78 is 24.3. The average Bonchev–Trinajstić information content (AvgIpc) is 4.01. The normalized spacial score (nSPS) is 13.3. The van der Waals surface area contributed by atoms with Crippen LogP contribution in [-0.4, -0.2) is 51.3 Å². The van der Waals surface area contributed by atoms with Crippen molar-refractivity contribution in [3.05, 3.63) is 236 Å². The summed E-state index contributed by atoms with van der Waals surface area (Å²) in [5.74, 6) is 2.83. The quantitative estimate of drug-likeness (QED) is 0.0707. The molecule has 9 aromatic rings. The molecular weight excluding hydrogens is 957 g/mol. The van der Waals surface area contributed by atoms with E-state index in [4.69, 9.17) is 18.9 Å². The lowest BCUT2D eigenvalue weighted by atomic mass is 10.1. The molecule has 362 valence electrons. The summed E-state index contributed by atoms with van der Waals surface area (Å²) in [7, 11) is 0. The maximum absolute atomic E-state index is 6.09. The first-order valence-corrected chi connectivity index (χ1v) is 25.8. The van der Waals surface area contributed by atoms with E-state index < -0.39 is 0 Å². The maximum atomic E-state index is 6.09. The number of benzene rings is 7. The molecule has 0 atom stereocenters. The first kappa shape index (κ1) is 47.2. The summed E-state index contributed by atoms with van der Waals surface area (Å²) in [6.45, 7) is 1.91. The molecule has 7 aromatic carbocycles. The molecule has 2 aliphatic heterocycles. The molecule has 2 aromatic heterocycles. The van der Waals surface area contributed by atoms with Crippen LogP contribution in [0.4, 0.5) is 34.1 Å². The predicted octanol–water partition coefficient (Wildman–Crippen LogP) is 15.5. The Kier molecular flexibility index (Phi) is 14.7. The average molecular weight is 1010 g/mol. The SMILES string of the molecule is C(=Cc1sc(C=NN=Cc2ccc(N(c3ccccc3)c3ccccc3)cc2)c2c1OCCO2)c1ccc(C=Cc2sc(C=NN=Cc3ccc(N(c4ccccc4)c4ccccc4)cc3)c3c2OCCO3)cc1. The van der Waals surface area contributed by atoms with Gasteiger partial charge in [-0.05, 0) is 107 Å². The van der Waals surface area contributed by atoms with Crippen LogP contribution in [0, 0.1) is 0 Å². The molecule has 11 rings (SSSR count). The van der Waals surface area contributed by atoms with Crippen molar-refractivity contribution in [1.82, 2.24) is 0 Å². The maximum Gasteiger partial charge on any atom is 0.181 e. The first-order chi connectivity index (χ1) is 36.7. The topological polar surface area (TPSA) is 92.8 Å². The zero-order valence-corrected chi connectivity index (χ0v) is 41.7. The molecule has 0 aliphatic carbocycles. The molecule has 0 N–H and O–H groups in total. The Morgan fingerprint density at radius 2 is 0.554 bits per heavy atom. The summed E-state index contributed by atoms with van der Waals surface area (Å²) in [4.78, 5) is 8.04. The Labute approximate surface area is 438 Å². The fraction of sp³-hybridized carbons (Fsp3) is 0.0645. The van der Waals surface area contributed by atoms with Gasteiger partial charge in [-0.1, -0.05) is 133 Å². The fourth-order valence-electron chi connectivity index (χ4n) is 8.44. The van der Waals surface area contributed by atoms with Crippen molar-refractivity contribution >= 4 is 106 Å². The van der Waals surface area contributed by atoms with Crippen LogP contribution in [0.2, 0.25) is 0 Å². The molecule has 0 unspecified atom stereocenters. The van der Waals surface area contributed by atoms with Gasteiger partial charge in [0.05, 0.1) is 44.4 Å². The van der Waals surface area contributed by atoms with Gasteiger partial charge in [0.1, 0.15) is 26.4 Å². The number of para-hydroxylation sites is 4. The standard InChI is InChI=1S/C62H48N6O4S2/c1-5-13-49(14-6-1)67(50-15-7-2-8-16-50)53-31-25-47(26-32-53)41-63-65-43-57-61-59(69-37-39-71-61)55(73-57)35-29-45-21-23-46(24-22-45)30-36-56-60-62(72-40-38-70-60)58(74-56)44-66-64-42-48-27-33-54(34-28-48)68(51-17-9-3-10-18-51)52-19-11-4-12-20-52/h1-36,41-44H,37-40H2. The van der Waals surface area contributed by atoms with E-state index in [2.05, 4.69) is 152 Å². The zero-order chi connectivity index (χ0) is 49.7. The molecule has 0 saturated carbocycles. The Hall–Kier alpha value is -9.10. The van der Waals surface area contributed by atoms with E-state index in [-0.39, 0.29) is 0 Å². The monoisotopic (exact) mass is 1000 g/mol. The predicted molar refractivity (Wildman–Crippen MR) is 308 cm³/mol. The molecule has 12 heteroatoms. The molecular formula is C62H48N6O4S2. The van der Waals surface area contributed by atoms with Gasteiger partial charge in [0.25, 0.3) is 0 Å². The number of thiophene rings is 2.